The molecule has 0 unspecified atom stereocenters. The van der Waals surface area contributed by atoms with Crippen molar-refractivity contribution in [2.75, 3.05) is 11.1 Å². The van der Waals surface area contributed by atoms with Crippen LogP contribution in [0.4, 0.5) is 20.4 Å². The van der Waals surface area contributed by atoms with E-state index in [0.717, 1.165) is 0 Å². The van der Waals surface area contributed by atoms with E-state index in [-0.39, 0.29) is 17.5 Å². The maximum absolute atomic E-state index is 11.9. The average Bonchev–Trinajstić information content (AvgIpc) is 2.78. The molecule has 0 aliphatic heterocycles. The molecule has 0 spiro atoms. The third kappa shape index (κ3) is 3.37. The number of carbonyl (C=O) groups excluding carboxylic acids is 1. The van der Waals surface area contributed by atoms with Gasteiger partial charge in [-0.3, -0.25) is 9.89 Å². The van der Waals surface area contributed by atoms with E-state index in [1.54, 1.807) is 0 Å². The van der Waals surface area contributed by atoms with Crippen LogP contribution in [-0.4, -0.2) is 27.7 Å². The van der Waals surface area contributed by atoms with Crippen LogP contribution in [0.25, 0.3) is 0 Å². The predicted molar refractivity (Wildman–Crippen MR) is 61.8 cm³/mol. The number of benzene rings is 1. The Hall–Kier alpha value is -2.71. The Morgan fingerprint density at radius 3 is 2.58 bits per heavy atom. The van der Waals surface area contributed by atoms with Gasteiger partial charge >= 0.3 is 6.61 Å². The summed E-state index contributed by atoms with van der Waals surface area (Å²) in [5.74, 6) is -0.653. The molecule has 0 bridgehead atoms. The van der Waals surface area contributed by atoms with Crippen molar-refractivity contribution in [2.24, 2.45) is 0 Å². The lowest BCUT2D eigenvalue weighted by atomic mass is 10.3. The number of hydrogen-bond donors (Lipinski definition) is 3. The van der Waals surface area contributed by atoms with Crippen LogP contribution >= 0.6 is 0 Å². The number of carbonyl (C=O) groups is 1. The smallest absolute Gasteiger partial charge is 0.387 e. The molecule has 1 heterocycles. The van der Waals surface area contributed by atoms with Gasteiger partial charge in [-0.25, -0.2) is 0 Å². The lowest BCUT2D eigenvalue weighted by Gasteiger charge is -2.06. The number of alkyl halides is 2. The Morgan fingerprint density at radius 2 is 2.05 bits per heavy atom. The molecule has 19 heavy (non-hydrogen) atoms. The molecule has 0 saturated carbocycles. The van der Waals surface area contributed by atoms with E-state index in [4.69, 9.17) is 5.73 Å². The fraction of sp³-hybridized carbons (Fsp3) is 0.100. The third-order valence-electron chi connectivity index (χ3n) is 2.06. The standard InChI is InChI=1S/C10H9F2N5O2/c11-9(12)19-6-3-1-5(2-4-6)14-8(18)7-15-10(13)17-16-7/h1-4,9H,(H,14,18)(H3,13,15,16,17). The van der Waals surface area contributed by atoms with Crippen molar-refractivity contribution in [2.45, 2.75) is 6.61 Å². The second kappa shape index (κ2) is 5.29. The third-order valence-corrected chi connectivity index (χ3v) is 2.06. The van der Waals surface area contributed by atoms with E-state index in [2.05, 4.69) is 25.2 Å². The molecule has 9 heteroatoms. The molecule has 2 rings (SSSR count). The van der Waals surface area contributed by atoms with E-state index in [1.807, 2.05) is 0 Å². The Kier molecular flexibility index (Phi) is 3.55. The van der Waals surface area contributed by atoms with Crippen molar-refractivity contribution >= 4 is 17.5 Å². The fourth-order valence-electron chi connectivity index (χ4n) is 1.29. The molecule has 0 fully saturated rings. The first kappa shape index (κ1) is 12.7. The highest BCUT2D eigenvalue weighted by Gasteiger charge is 2.11. The number of nitrogen functional groups attached to an aromatic ring is 1. The van der Waals surface area contributed by atoms with Gasteiger partial charge < -0.3 is 15.8 Å². The molecular weight excluding hydrogens is 260 g/mol. The number of nitrogens with two attached hydrogens (primary N) is 1. The molecule has 1 amide bonds. The summed E-state index contributed by atoms with van der Waals surface area (Å²) in [6.45, 7) is -2.89. The van der Waals surface area contributed by atoms with Gasteiger partial charge in [0, 0.05) is 5.69 Å². The zero-order valence-electron chi connectivity index (χ0n) is 9.43. The molecule has 7 nitrogen and oxygen atoms in total. The number of aromatic amines is 1. The van der Waals surface area contributed by atoms with Gasteiger partial charge in [-0.05, 0) is 24.3 Å². The Bertz CT molecular complexity index is 570. The highest BCUT2D eigenvalue weighted by Crippen LogP contribution is 2.17. The monoisotopic (exact) mass is 269 g/mol. The van der Waals surface area contributed by atoms with Crippen molar-refractivity contribution in [1.82, 2.24) is 15.2 Å². The van der Waals surface area contributed by atoms with Crippen LogP contribution in [0.5, 0.6) is 5.75 Å². The van der Waals surface area contributed by atoms with Crippen molar-refractivity contribution < 1.29 is 18.3 Å². The number of H-pyrrole nitrogens is 1. The van der Waals surface area contributed by atoms with Gasteiger partial charge in [-0.1, -0.05) is 0 Å². The second-order valence-electron chi connectivity index (χ2n) is 3.40. The van der Waals surface area contributed by atoms with Crippen LogP contribution in [-0.2, 0) is 0 Å². The number of aromatic nitrogens is 3. The lowest BCUT2D eigenvalue weighted by Crippen LogP contribution is -2.13. The Balaban J connectivity index is 2.01. The summed E-state index contributed by atoms with van der Waals surface area (Å²) in [7, 11) is 0. The maximum atomic E-state index is 11.9. The molecule has 0 aliphatic carbocycles. The first-order chi connectivity index (χ1) is 9.04. The maximum Gasteiger partial charge on any atom is 0.387 e. The number of amides is 1. The zero-order valence-corrected chi connectivity index (χ0v) is 9.43. The summed E-state index contributed by atoms with van der Waals surface area (Å²) in [6.07, 6.45) is 0. The van der Waals surface area contributed by atoms with Crippen molar-refractivity contribution in [3.8, 4) is 5.75 Å². The molecule has 1 aromatic heterocycles. The summed E-state index contributed by atoms with van der Waals surface area (Å²) >= 11 is 0. The number of nitrogens with one attached hydrogen (secondary N) is 2. The molecule has 1 aromatic carbocycles. The highest BCUT2D eigenvalue weighted by atomic mass is 19.3. The number of ether oxygens (including phenoxy) is 1. The van der Waals surface area contributed by atoms with E-state index in [9.17, 15) is 13.6 Å². The molecule has 0 atom stereocenters. The Labute approximate surface area is 105 Å². The number of rotatable bonds is 4. The van der Waals surface area contributed by atoms with Crippen LogP contribution in [0.2, 0.25) is 0 Å². The van der Waals surface area contributed by atoms with Crippen LogP contribution in [0.15, 0.2) is 24.3 Å². The summed E-state index contributed by atoms with van der Waals surface area (Å²) in [5.41, 5.74) is 5.65. The first-order valence-electron chi connectivity index (χ1n) is 5.08. The summed E-state index contributed by atoms with van der Waals surface area (Å²) in [5, 5.41) is 8.33. The number of halogens is 2. The van der Waals surface area contributed by atoms with Gasteiger partial charge in [0.05, 0.1) is 0 Å². The average molecular weight is 269 g/mol. The largest absolute Gasteiger partial charge is 0.435 e. The quantitative estimate of drug-likeness (QED) is 0.774. The molecule has 0 aliphatic rings. The van der Waals surface area contributed by atoms with Gasteiger partial charge in [-0.15, -0.1) is 5.10 Å². The van der Waals surface area contributed by atoms with Crippen LogP contribution in [0, 0.1) is 0 Å². The molecular formula is C10H9F2N5O2. The lowest BCUT2D eigenvalue weighted by molar-refractivity contribution is -0.0498. The Morgan fingerprint density at radius 1 is 1.37 bits per heavy atom. The molecule has 0 saturated heterocycles. The van der Waals surface area contributed by atoms with Crippen LogP contribution in [0.3, 0.4) is 0 Å². The SMILES string of the molecule is Nc1n[nH]c(C(=O)Nc2ccc(OC(F)F)cc2)n1. The minimum atomic E-state index is -2.89. The van der Waals surface area contributed by atoms with Crippen molar-refractivity contribution in [1.29, 1.82) is 0 Å². The van der Waals surface area contributed by atoms with E-state index >= 15 is 0 Å². The molecule has 4 N–H and O–H groups in total. The first-order valence-corrected chi connectivity index (χ1v) is 5.08. The number of nitrogens with zero attached hydrogens (tertiary/aromatic N) is 2. The molecule has 0 radical (unpaired) electrons. The fourth-order valence-corrected chi connectivity index (χ4v) is 1.29. The van der Waals surface area contributed by atoms with E-state index < -0.39 is 12.5 Å². The molecule has 100 valence electrons. The van der Waals surface area contributed by atoms with Gasteiger partial charge in [0.1, 0.15) is 5.75 Å². The van der Waals surface area contributed by atoms with Gasteiger partial charge in [0.2, 0.25) is 11.8 Å². The van der Waals surface area contributed by atoms with Crippen molar-refractivity contribution in [3.05, 3.63) is 30.1 Å². The number of anilines is 2. The zero-order chi connectivity index (χ0) is 13.8. The minimum Gasteiger partial charge on any atom is -0.435 e. The predicted octanol–water partition coefficient (Wildman–Crippen LogP) is 1.24. The molecule has 2 aromatic rings. The number of hydrogen-bond acceptors (Lipinski definition) is 5. The van der Waals surface area contributed by atoms with Crippen LogP contribution in [0.1, 0.15) is 10.6 Å². The van der Waals surface area contributed by atoms with Crippen LogP contribution < -0.4 is 15.8 Å². The normalized spacial score (nSPS) is 10.5. The highest BCUT2D eigenvalue weighted by molar-refractivity contribution is 6.01. The van der Waals surface area contributed by atoms with Gasteiger partial charge in [-0.2, -0.15) is 13.8 Å². The minimum absolute atomic E-state index is 0.00286. The second-order valence-corrected chi connectivity index (χ2v) is 3.40. The van der Waals surface area contributed by atoms with E-state index in [1.165, 1.54) is 24.3 Å². The van der Waals surface area contributed by atoms with Crippen molar-refractivity contribution in [3.63, 3.8) is 0 Å². The summed E-state index contributed by atoms with van der Waals surface area (Å²) in [4.78, 5) is 15.3. The van der Waals surface area contributed by atoms with Gasteiger partial charge in [0.15, 0.2) is 0 Å². The topological polar surface area (TPSA) is 106 Å². The van der Waals surface area contributed by atoms with E-state index in [0.29, 0.717) is 5.69 Å². The van der Waals surface area contributed by atoms with Gasteiger partial charge in [0.25, 0.3) is 5.91 Å². The summed E-state index contributed by atoms with van der Waals surface area (Å²) in [6, 6.07) is 5.43. The summed E-state index contributed by atoms with van der Waals surface area (Å²) < 4.78 is 28.0.